The Balaban J connectivity index is 1.76. The fraction of sp³-hybridized carbons (Fsp3) is 0.241. The molecule has 0 saturated heterocycles. The molecule has 8 heteroatoms. The standard InChI is InChI=1S/C29H28N4O3S/c1-5-6-21-15-19(3)27-23(13-14-33(27)37(35,36)22-10-7-18(2)8-11-22)26(21)29(4,34)28-31-24-12-9-20(17-30)16-25(24)32-28/h7-16,34H,5-6H2,1-4H3,(H,31,32). The molecule has 0 spiro atoms. The highest BCUT2D eigenvalue weighted by molar-refractivity contribution is 7.90. The van der Waals surface area contributed by atoms with Crippen LogP contribution in [0.25, 0.3) is 21.9 Å². The first kappa shape index (κ1) is 24.8. The van der Waals surface area contributed by atoms with E-state index < -0.39 is 15.6 Å². The van der Waals surface area contributed by atoms with Crippen LogP contribution in [-0.4, -0.2) is 27.5 Å². The number of nitrogens with one attached hydrogen (secondary N) is 1. The molecule has 7 nitrogen and oxygen atoms in total. The first-order valence-corrected chi connectivity index (χ1v) is 13.6. The number of nitrogens with zero attached hydrogens (tertiary/aromatic N) is 3. The lowest BCUT2D eigenvalue weighted by molar-refractivity contribution is 0.0941. The Kier molecular flexibility index (Phi) is 5.94. The Labute approximate surface area is 216 Å². The number of aromatic amines is 1. The quantitative estimate of drug-likeness (QED) is 0.314. The molecule has 0 bridgehead atoms. The molecular formula is C29H28N4O3S. The zero-order chi connectivity index (χ0) is 26.5. The van der Waals surface area contributed by atoms with E-state index in [1.54, 1.807) is 61.7 Å². The third kappa shape index (κ3) is 4.01. The molecule has 188 valence electrons. The molecule has 0 fully saturated rings. The van der Waals surface area contributed by atoms with Crippen LogP contribution in [0, 0.1) is 25.2 Å². The van der Waals surface area contributed by atoms with E-state index in [1.165, 1.54) is 3.97 Å². The van der Waals surface area contributed by atoms with E-state index in [4.69, 9.17) is 0 Å². The SMILES string of the molecule is CCCc1cc(C)c2c(ccn2S(=O)(=O)c2ccc(C)cc2)c1C(C)(O)c1nc2cc(C#N)ccc2[nH]1. The fourth-order valence-electron chi connectivity index (χ4n) is 5.07. The lowest BCUT2D eigenvalue weighted by atomic mass is 9.85. The summed E-state index contributed by atoms with van der Waals surface area (Å²) in [6.45, 7) is 7.54. The van der Waals surface area contributed by atoms with Crippen LogP contribution < -0.4 is 0 Å². The van der Waals surface area contributed by atoms with Crippen molar-refractivity contribution in [2.75, 3.05) is 0 Å². The minimum atomic E-state index is -3.86. The Morgan fingerprint density at radius 1 is 1.11 bits per heavy atom. The molecule has 37 heavy (non-hydrogen) atoms. The second-order valence-corrected chi connectivity index (χ2v) is 11.5. The van der Waals surface area contributed by atoms with Crippen molar-refractivity contribution in [1.29, 1.82) is 5.26 Å². The topological polar surface area (TPSA) is 112 Å². The molecule has 0 radical (unpaired) electrons. The van der Waals surface area contributed by atoms with Crippen molar-refractivity contribution in [3.63, 3.8) is 0 Å². The molecule has 2 N–H and O–H groups in total. The zero-order valence-corrected chi connectivity index (χ0v) is 22.0. The van der Waals surface area contributed by atoms with E-state index >= 15 is 0 Å². The summed E-state index contributed by atoms with van der Waals surface area (Å²) in [6.07, 6.45) is 3.11. The summed E-state index contributed by atoms with van der Waals surface area (Å²) in [5.41, 5.74) is 4.07. The maximum atomic E-state index is 13.6. The number of fused-ring (bicyclic) bond motifs is 2. The molecule has 2 heterocycles. The van der Waals surface area contributed by atoms with E-state index in [0.29, 0.717) is 45.3 Å². The van der Waals surface area contributed by atoms with Crippen LogP contribution in [0.15, 0.2) is 65.7 Å². The predicted octanol–water partition coefficient (Wildman–Crippen LogP) is 5.45. The van der Waals surface area contributed by atoms with Crippen molar-refractivity contribution < 1.29 is 13.5 Å². The van der Waals surface area contributed by atoms with Gasteiger partial charge in [-0.05, 0) is 74.7 Å². The first-order valence-electron chi connectivity index (χ1n) is 12.2. The molecular weight excluding hydrogens is 484 g/mol. The highest BCUT2D eigenvalue weighted by Gasteiger charge is 2.35. The molecule has 5 aromatic rings. The normalized spacial score (nSPS) is 13.6. The summed E-state index contributed by atoms with van der Waals surface area (Å²) in [4.78, 5) is 8.04. The Morgan fingerprint density at radius 2 is 1.84 bits per heavy atom. The van der Waals surface area contributed by atoms with Gasteiger partial charge in [-0.25, -0.2) is 17.4 Å². The lowest BCUT2D eigenvalue weighted by Crippen LogP contribution is -2.27. The minimum absolute atomic E-state index is 0.200. The Bertz CT molecular complexity index is 1800. The molecule has 1 atom stereocenters. The van der Waals surface area contributed by atoms with Gasteiger partial charge in [0.1, 0.15) is 11.4 Å². The molecule has 0 aliphatic carbocycles. The highest BCUT2D eigenvalue weighted by Crippen LogP contribution is 2.39. The smallest absolute Gasteiger partial charge is 0.268 e. The predicted molar refractivity (Wildman–Crippen MR) is 144 cm³/mol. The summed E-state index contributed by atoms with van der Waals surface area (Å²) in [6, 6.07) is 17.7. The third-order valence-electron chi connectivity index (χ3n) is 6.86. The van der Waals surface area contributed by atoms with Crippen LogP contribution in [0.1, 0.15) is 53.9 Å². The van der Waals surface area contributed by atoms with E-state index in [2.05, 4.69) is 23.0 Å². The van der Waals surface area contributed by atoms with Gasteiger partial charge in [0.05, 0.1) is 33.1 Å². The van der Waals surface area contributed by atoms with Crippen LogP contribution in [0.5, 0.6) is 0 Å². The van der Waals surface area contributed by atoms with Crippen molar-refractivity contribution in [3.05, 3.63) is 94.4 Å². The number of aliphatic hydroxyl groups is 1. The van der Waals surface area contributed by atoms with Crippen LogP contribution in [0.2, 0.25) is 0 Å². The molecule has 5 rings (SSSR count). The number of hydrogen-bond donors (Lipinski definition) is 2. The van der Waals surface area contributed by atoms with Crippen LogP contribution in [0.3, 0.4) is 0 Å². The second-order valence-electron chi connectivity index (χ2n) is 9.67. The molecule has 2 aromatic heterocycles. The molecule has 0 saturated carbocycles. The van der Waals surface area contributed by atoms with Crippen LogP contribution in [-0.2, 0) is 22.0 Å². The van der Waals surface area contributed by atoms with E-state index in [0.717, 1.165) is 23.1 Å². The second kappa shape index (κ2) is 8.87. The summed E-state index contributed by atoms with van der Waals surface area (Å²) in [5.74, 6) is 0.328. The van der Waals surface area contributed by atoms with Gasteiger partial charge in [0.25, 0.3) is 10.0 Å². The maximum Gasteiger partial charge on any atom is 0.268 e. The van der Waals surface area contributed by atoms with Gasteiger partial charge < -0.3 is 10.1 Å². The summed E-state index contributed by atoms with van der Waals surface area (Å²) in [7, 11) is -3.86. The van der Waals surface area contributed by atoms with Crippen molar-refractivity contribution in [3.8, 4) is 6.07 Å². The number of nitriles is 1. The van der Waals surface area contributed by atoms with Gasteiger partial charge in [0.15, 0.2) is 0 Å². The third-order valence-corrected chi connectivity index (χ3v) is 8.55. The number of aromatic nitrogens is 3. The van der Waals surface area contributed by atoms with E-state index in [-0.39, 0.29) is 4.90 Å². The molecule has 0 aliphatic rings. The van der Waals surface area contributed by atoms with Crippen LogP contribution in [0.4, 0.5) is 0 Å². The highest BCUT2D eigenvalue weighted by atomic mass is 32.2. The van der Waals surface area contributed by atoms with Crippen molar-refractivity contribution >= 4 is 32.0 Å². The van der Waals surface area contributed by atoms with Gasteiger partial charge >= 0.3 is 0 Å². The summed E-state index contributed by atoms with van der Waals surface area (Å²) < 4.78 is 28.6. The van der Waals surface area contributed by atoms with Crippen molar-refractivity contribution in [2.24, 2.45) is 0 Å². The van der Waals surface area contributed by atoms with Gasteiger partial charge in [0.2, 0.25) is 0 Å². The number of imidazole rings is 1. The Hall–Kier alpha value is -3.93. The van der Waals surface area contributed by atoms with Crippen LogP contribution >= 0.6 is 0 Å². The van der Waals surface area contributed by atoms with Crippen molar-refractivity contribution in [2.45, 2.75) is 51.0 Å². The number of hydrogen-bond acceptors (Lipinski definition) is 5. The van der Waals surface area contributed by atoms with Gasteiger partial charge in [-0.3, -0.25) is 0 Å². The number of rotatable bonds is 6. The number of aryl methyl sites for hydroxylation is 3. The fourth-order valence-corrected chi connectivity index (χ4v) is 6.48. The zero-order valence-electron chi connectivity index (χ0n) is 21.2. The minimum Gasteiger partial charge on any atom is -0.377 e. The average Bonchev–Trinajstić information content (AvgIpc) is 3.50. The average molecular weight is 513 g/mol. The number of H-pyrrole nitrogens is 1. The van der Waals surface area contributed by atoms with Gasteiger partial charge in [-0.2, -0.15) is 5.26 Å². The molecule has 0 amide bonds. The first-order chi connectivity index (χ1) is 17.6. The monoisotopic (exact) mass is 512 g/mol. The van der Waals surface area contributed by atoms with Crippen molar-refractivity contribution in [1.82, 2.24) is 13.9 Å². The largest absolute Gasteiger partial charge is 0.377 e. The van der Waals surface area contributed by atoms with E-state index in [1.807, 2.05) is 19.9 Å². The lowest BCUT2D eigenvalue weighted by Gasteiger charge is -2.26. The Morgan fingerprint density at radius 3 is 2.51 bits per heavy atom. The summed E-state index contributed by atoms with van der Waals surface area (Å²) >= 11 is 0. The van der Waals surface area contributed by atoms with Gasteiger partial charge in [-0.15, -0.1) is 0 Å². The maximum absolute atomic E-state index is 13.6. The number of benzene rings is 3. The molecule has 3 aromatic carbocycles. The van der Waals surface area contributed by atoms with Gasteiger partial charge in [-0.1, -0.05) is 37.1 Å². The van der Waals surface area contributed by atoms with E-state index in [9.17, 15) is 18.8 Å². The molecule has 0 aliphatic heterocycles. The summed E-state index contributed by atoms with van der Waals surface area (Å²) in [5, 5.41) is 21.9. The van der Waals surface area contributed by atoms with Gasteiger partial charge in [0, 0.05) is 17.1 Å². The molecule has 1 unspecified atom stereocenters.